The Morgan fingerprint density at radius 2 is 1.62 bits per heavy atom. The van der Waals surface area contributed by atoms with Crippen molar-refractivity contribution in [1.82, 2.24) is 10.2 Å². The first-order chi connectivity index (χ1) is 15.6. The van der Waals surface area contributed by atoms with Crippen LogP contribution in [0, 0.1) is 0 Å². The molecule has 0 aliphatic heterocycles. The van der Waals surface area contributed by atoms with Gasteiger partial charge in [-0.15, -0.1) is 0 Å². The average Bonchev–Trinajstić information content (AvgIpc) is 2.83. The quantitative estimate of drug-likeness (QED) is 0.428. The van der Waals surface area contributed by atoms with Gasteiger partial charge in [0.05, 0.1) is 0 Å². The molecule has 0 fully saturated rings. The van der Waals surface area contributed by atoms with E-state index in [1.54, 1.807) is 4.90 Å². The third kappa shape index (κ3) is 6.43. The van der Waals surface area contributed by atoms with Crippen molar-refractivity contribution < 1.29 is 9.59 Å². The van der Waals surface area contributed by atoms with Crippen LogP contribution in [0.1, 0.15) is 44.2 Å². The molecule has 0 heterocycles. The van der Waals surface area contributed by atoms with Crippen LogP contribution in [0.5, 0.6) is 0 Å². The molecule has 0 spiro atoms. The number of nitrogens with zero attached hydrogens (tertiary/aromatic N) is 1. The Balaban J connectivity index is 1.70. The van der Waals surface area contributed by atoms with E-state index in [-0.39, 0.29) is 11.8 Å². The Morgan fingerprint density at radius 3 is 2.41 bits per heavy atom. The molecule has 4 nitrogen and oxygen atoms in total. The predicted octanol–water partition coefficient (Wildman–Crippen LogP) is 5.15. The Labute approximate surface area is 191 Å². The van der Waals surface area contributed by atoms with E-state index in [0.717, 1.165) is 24.8 Å². The van der Waals surface area contributed by atoms with Crippen molar-refractivity contribution >= 4 is 22.6 Å². The van der Waals surface area contributed by atoms with Gasteiger partial charge in [-0.05, 0) is 48.1 Å². The number of aryl methyl sites for hydroxylation is 1. The topological polar surface area (TPSA) is 49.4 Å². The minimum Gasteiger partial charge on any atom is -0.354 e. The number of benzene rings is 3. The highest BCUT2D eigenvalue weighted by Crippen LogP contribution is 2.20. The third-order valence-corrected chi connectivity index (χ3v) is 5.97. The second-order valence-electron chi connectivity index (χ2n) is 8.28. The number of amides is 2. The number of unbranched alkanes of at least 4 members (excludes halogenated alkanes) is 1. The van der Waals surface area contributed by atoms with Gasteiger partial charge in [0.1, 0.15) is 6.04 Å². The second kappa shape index (κ2) is 12.0. The van der Waals surface area contributed by atoms with Crippen LogP contribution in [-0.2, 0) is 22.4 Å². The fourth-order valence-electron chi connectivity index (χ4n) is 4.00. The Bertz CT molecular complexity index is 1010. The van der Waals surface area contributed by atoms with Crippen LogP contribution in [0.4, 0.5) is 0 Å². The molecule has 2 amide bonds. The van der Waals surface area contributed by atoms with E-state index >= 15 is 0 Å². The smallest absolute Gasteiger partial charge is 0.242 e. The molecule has 168 valence electrons. The monoisotopic (exact) mass is 430 g/mol. The van der Waals surface area contributed by atoms with E-state index in [4.69, 9.17) is 0 Å². The molecule has 3 rings (SSSR count). The number of fused-ring (bicyclic) bond motifs is 1. The summed E-state index contributed by atoms with van der Waals surface area (Å²) >= 11 is 0. The van der Waals surface area contributed by atoms with Crippen molar-refractivity contribution in [2.24, 2.45) is 0 Å². The lowest BCUT2D eigenvalue weighted by Gasteiger charge is -2.29. The molecule has 1 N–H and O–H groups in total. The SMILES string of the molecule is CCCCNC(=O)C(C)N(CCc1ccccc1)C(=O)CCc1cccc2ccccc12. The van der Waals surface area contributed by atoms with Crippen molar-refractivity contribution in [1.29, 1.82) is 0 Å². The van der Waals surface area contributed by atoms with Gasteiger partial charge in [-0.1, -0.05) is 86.1 Å². The Kier molecular flexibility index (Phi) is 8.85. The zero-order chi connectivity index (χ0) is 22.8. The molecular formula is C28H34N2O2. The van der Waals surface area contributed by atoms with Crippen LogP contribution in [0.3, 0.4) is 0 Å². The van der Waals surface area contributed by atoms with E-state index in [2.05, 4.69) is 48.6 Å². The standard InChI is InChI=1S/C28H34N2O2/c1-3-4-20-29-28(32)22(2)30(21-19-23-11-6-5-7-12-23)27(31)18-17-25-15-10-14-24-13-8-9-16-26(24)25/h5-16,22H,3-4,17-21H2,1-2H3,(H,29,32). The fourth-order valence-corrected chi connectivity index (χ4v) is 4.00. The number of carbonyl (C=O) groups is 2. The van der Waals surface area contributed by atoms with Crippen LogP contribution in [0.15, 0.2) is 72.8 Å². The molecule has 0 saturated carbocycles. The second-order valence-corrected chi connectivity index (χ2v) is 8.28. The molecule has 1 unspecified atom stereocenters. The lowest BCUT2D eigenvalue weighted by atomic mass is 10.0. The summed E-state index contributed by atoms with van der Waals surface area (Å²) in [4.78, 5) is 27.8. The predicted molar refractivity (Wildman–Crippen MR) is 132 cm³/mol. The van der Waals surface area contributed by atoms with Crippen LogP contribution in [0.25, 0.3) is 10.8 Å². The van der Waals surface area contributed by atoms with Crippen molar-refractivity contribution in [2.75, 3.05) is 13.1 Å². The van der Waals surface area contributed by atoms with Crippen molar-refractivity contribution in [3.05, 3.63) is 83.9 Å². The number of hydrogen-bond donors (Lipinski definition) is 1. The molecular weight excluding hydrogens is 396 g/mol. The minimum atomic E-state index is -0.490. The lowest BCUT2D eigenvalue weighted by molar-refractivity contribution is -0.139. The molecule has 0 bridgehead atoms. The Morgan fingerprint density at radius 1 is 0.906 bits per heavy atom. The summed E-state index contributed by atoms with van der Waals surface area (Å²) in [5, 5.41) is 5.35. The molecule has 0 saturated heterocycles. The molecule has 0 radical (unpaired) electrons. The van der Waals surface area contributed by atoms with Gasteiger partial charge >= 0.3 is 0 Å². The molecule has 1 atom stereocenters. The van der Waals surface area contributed by atoms with E-state index in [1.807, 2.05) is 43.3 Å². The van der Waals surface area contributed by atoms with E-state index in [9.17, 15) is 9.59 Å². The highest BCUT2D eigenvalue weighted by molar-refractivity contribution is 5.88. The lowest BCUT2D eigenvalue weighted by Crippen LogP contribution is -2.49. The third-order valence-electron chi connectivity index (χ3n) is 5.97. The molecule has 3 aromatic carbocycles. The van der Waals surface area contributed by atoms with Gasteiger partial charge in [0, 0.05) is 19.5 Å². The van der Waals surface area contributed by atoms with Gasteiger partial charge in [-0.25, -0.2) is 0 Å². The summed E-state index contributed by atoms with van der Waals surface area (Å²) in [6, 6.07) is 24.1. The van der Waals surface area contributed by atoms with Crippen molar-refractivity contribution in [3.63, 3.8) is 0 Å². The minimum absolute atomic E-state index is 0.0204. The number of nitrogens with one attached hydrogen (secondary N) is 1. The van der Waals surface area contributed by atoms with Crippen LogP contribution in [-0.4, -0.2) is 35.8 Å². The molecule has 0 aliphatic rings. The molecule has 4 heteroatoms. The van der Waals surface area contributed by atoms with Gasteiger partial charge in [0.2, 0.25) is 11.8 Å². The first-order valence-corrected chi connectivity index (χ1v) is 11.7. The van der Waals surface area contributed by atoms with E-state index in [1.165, 1.54) is 16.3 Å². The van der Waals surface area contributed by atoms with E-state index in [0.29, 0.717) is 25.9 Å². The first-order valence-electron chi connectivity index (χ1n) is 11.7. The van der Waals surface area contributed by atoms with Crippen LogP contribution < -0.4 is 5.32 Å². The molecule has 0 aromatic heterocycles. The summed E-state index contributed by atoms with van der Waals surface area (Å²) < 4.78 is 0. The maximum atomic E-state index is 13.3. The highest BCUT2D eigenvalue weighted by Gasteiger charge is 2.25. The maximum absolute atomic E-state index is 13.3. The normalized spacial score (nSPS) is 11.8. The van der Waals surface area contributed by atoms with Gasteiger partial charge in [0.25, 0.3) is 0 Å². The highest BCUT2D eigenvalue weighted by atomic mass is 16.2. The Hall–Kier alpha value is -3.14. The van der Waals surface area contributed by atoms with Gasteiger partial charge in [-0.3, -0.25) is 9.59 Å². The van der Waals surface area contributed by atoms with Crippen molar-refractivity contribution in [3.8, 4) is 0 Å². The van der Waals surface area contributed by atoms with Gasteiger partial charge in [-0.2, -0.15) is 0 Å². The number of carbonyl (C=O) groups excluding carboxylic acids is 2. The summed E-state index contributed by atoms with van der Waals surface area (Å²) in [7, 11) is 0. The van der Waals surface area contributed by atoms with Crippen LogP contribution >= 0.6 is 0 Å². The molecule has 32 heavy (non-hydrogen) atoms. The average molecular weight is 431 g/mol. The maximum Gasteiger partial charge on any atom is 0.242 e. The summed E-state index contributed by atoms with van der Waals surface area (Å²) in [5.41, 5.74) is 2.33. The van der Waals surface area contributed by atoms with Crippen molar-refractivity contribution in [2.45, 2.75) is 52.0 Å². The molecule has 0 aliphatic carbocycles. The van der Waals surface area contributed by atoms with E-state index < -0.39 is 6.04 Å². The summed E-state index contributed by atoms with van der Waals surface area (Å²) in [5.74, 6) is -0.0583. The zero-order valence-corrected chi connectivity index (χ0v) is 19.2. The number of hydrogen-bond acceptors (Lipinski definition) is 2. The van der Waals surface area contributed by atoms with Crippen LogP contribution in [0.2, 0.25) is 0 Å². The first kappa shape index (κ1) is 23.5. The summed E-state index contributed by atoms with van der Waals surface area (Å²) in [6.07, 6.45) is 3.74. The van der Waals surface area contributed by atoms with Gasteiger partial charge in [0.15, 0.2) is 0 Å². The largest absolute Gasteiger partial charge is 0.354 e. The zero-order valence-electron chi connectivity index (χ0n) is 19.2. The summed E-state index contributed by atoms with van der Waals surface area (Å²) in [6.45, 7) is 5.11. The fraction of sp³-hybridized carbons (Fsp3) is 0.357. The van der Waals surface area contributed by atoms with Gasteiger partial charge < -0.3 is 10.2 Å². The number of rotatable bonds is 11. The molecule has 3 aromatic rings.